The maximum atomic E-state index is 13.0. The molecule has 0 radical (unpaired) electrons. The maximum Gasteiger partial charge on any atom is 0.257 e. The summed E-state index contributed by atoms with van der Waals surface area (Å²) in [5, 5.41) is 3.76. The van der Waals surface area contributed by atoms with Crippen molar-refractivity contribution < 1.29 is 13.9 Å². The zero-order valence-corrected chi connectivity index (χ0v) is 17.6. The molecular formula is C21H24Cl2FN3O2. The molecule has 156 valence electrons. The van der Waals surface area contributed by atoms with E-state index in [0.717, 1.165) is 44.8 Å². The van der Waals surface area contributed by atoms with Crippen LogP contribution in [0, 0.1) is 5.82 Å². The lowest BCUT2D eigenvalue weighted by Gasteiger charge is -2.36. The number of nitrogens with one attached hydrogen (secondary N) is 1. The molecule has 1 N–H and O–H groups in total. The predicted molar refractivity (Wildman–Crippen MR) is 115 cm³/mol. The van der Waals surface area contributed by atoms with Gasteiger partial charge in [0.1, 0.15) is 11.6 Å². The van der Waals surface area contributed by atoms with E-state index in [1.165, 1.54) is 12.1 Å². The van der Waals surface area contributed by atoms with Crippen LogP contribution in [-0.2, 0) is 4.79 Å². The summed E-state index contributed by atoms with van der Waals surface area (Å²) in [5.41, 5.74) is 1.05. The molecule has 0 saturated carbocycles. The van der Waals surface area contributed by atoms with Crippen molar-refractivity contribution in [2.75, 3.05) is 50.8 Å². The first kappa shape index (κ1) is 21.7. The number of nitrogens with zero attached hydrogens (tertiary/aromatic N) is 2. The van der Waals surface area contributed by atoms with Crippen molar-refractivity contribution in [2.45, 2.75) is 6.42 Å². The number of amides is 1. The Morgan fingerprint density at radius 3 is 2.48 bits per heavy atom. The first-order valence-electron chi connectivity index (χ1n) is 9.59. The van der Waals surface area contributed by atoms with Crippen LogP contribution in [0.25, 0.3) is 0 Å². The first-order chi connectivity index (χ1) is 14.0. The van der Waals surface area contributed by atoms with E-state index in [1.54, 1.807) is 18.2 Å². The van der Waals surface area contributed by atoms with Crippen LogP contribution < -0.4 is 15.0 Å². The average molecular weight is 440 g/mol. The van der Waals surface area contributed by atoms with Crippen molar-refractivity contribution >= 4 is 34.8 Å². The number of piperazine rings is 1. The summed E-state index contributed by atoms with van der Waals surface area (Å²) in [6.45, 7) is 5.14. The zero-order chi connectivity index (χ0) is 20.6. The van der Waals surface area contributed by atoms with Gasteiger partial charge in [-0.15, -0.1) is 0 Å². The van der Waals surface area contributed by atoms with Gasteiger partial charge in [0.05, 0.1) is 5.02 Å². The van der Waals surface area contributed by atoms with Gasteiger partial charge in [-0.05, 0) is 55.4 Å². The Morgan fingerprint density at radius 2 is 1.79 bits per heavy atom. The number of carbonyl (C=O) groups excluding carboxylic acids is 1. The molecule has 3 rings (SSSR count). The number of halogens is 3. The number of benzene rings is 2. The molecule has 0 bridgehead atoms. The lowest BCUT2D eigenvalue weighted by atomic mass is 10.2. The van der Waals surface area contributed by atoms with Gasteiger partial charge in [0.2, 0.25) is 0 Å². The molecule has 1 heterocycles. The second-order valence-corrected chi connectivity index (χ2v) is 7.72. The van der Waals surface area contributed by atoms with Crippen molar-refractivity contribution in [2.24, 2.45) is 0 Å². The quantitative estimate of drug-likeness (QED) is 0.634. The van der Waals surface area contributed by atoms with E-state index in [9.17, 15) is 9.18 Å². The molecule has 1 amide bonds. The van der Waals surface area contributed by atoms with Crippen LogP contribution in [0.15, 0.2) is 42.5 Å². The van der Waals surface area contributed by atoms with Gasteiger partial charge in [0.15, 0.2) is 6.61 Å². The highest BCUT2D eigenvalue weighted by atomic mass is 35.5. The lowest BCUT2D eigenvalue weighted by Crippen LogP contribution is -2.47. The second-order valence-electron chi connectivity index (χ2n) is 6.87. The van der Waals surface area contributed by atoms with Gasteiger partial charge in [-0.3, -0.25) is 9.69 Å². The van der Waals surface area contributed by atoms with Gasteiger partial charge in [0.25, 0.3) is 5.91 Å². The third kappa shape index (κ3) is 6.77. The summed E-state index contributed by atoms with van der Waals surface area (Å²) in [6, 6.07) is 11.5. The predicted octanol–water partition coefficient (Wildman–Crippen LogP) is 3.84. The van der Waals surface area contributed by atoms with Crippen LogP contribution in [0.3, 0.4) is 0 Å². The van der Waals surface area contributed by atoms with E-state index in [4.69, 9.17) is 27.9 Å². The Balaban J connectivity index is 1.29. The highest BCUT2D eigenvalue weighted by molar-refractivity contribution is 6.35. The van der Waals surface area contributed by atoms with Crippen LogP contribution in [0.4, 0.5) is 10.1 Å². The molecule has 1 saturated heterocycles. The van der Waals surface area contributed by atoms with E-state index in [0.29, 0.717) is 22.3 Å². The molecular weight excluding hydrogens is 416 g/mol. The van der Waals surface area contributed by atoms with Crippen molar-refractivity contribution in [1.82, 2.24) is 10.2 Å². The number of hydrogen-bond donors (Lipinski definition) is 1. The second kappa shape index (κ2) is 10.7. The number of hydrogen-bond acceptors (Lipinski definition) is 4. The smallest absolute Gasteiger partial charge is 0.257 e. The van der Waals surface area contributed by atoms with Gasteiger partial charge >= 0.3 is 0 Å². The van der Waals surface area contributed by atoms with Gasteiger partial charge < -0.3 is 15.0 Å². The molecule has 0 spiro atoms. The van der Waals surface area contributed by atoms with Gasteiger partial charge in [0, 0.05) is 43.4 Å². The molecule has 1 aliphatic rings. The number of rotatable bonds is 8. The Bertz CT molecular complexity index is 812. The van der Waals surface area contributed by atoms with Crippen molar-refractivity contribution in [3.63, 3.8) is 0 Å². The third-order valence-corrected chi connectivity index (χ3v) is 5.32. The normalized spacial score (nSPS) is 14.7. The largest absolute Gasteiger partial charge is 0.482 e. The molecule has 0 atom stereocenters. The Hall–Kier alpha value is -2.02. The average Bonchev–Trinajstić information content (AvgIpc) is 2.72. The SMILES string of the molecule is O=C(COc1ccc(Cl)cc1Cl)NCCCN1CCN(c2ccc(F)cc2)CC1. The summed E-state index contributed by atoms with van der Waals surface area (Å²) in [6.07, 6.45) is 0.865. The summed E-state index contributed by atoms with van der Waals surface area (Å²) < 4.78 is 18.5. The summed E-state index contributed by atoms with van der Waals surface area (Å²) in [7, 11) is 0. The van der Waals surface area contributed by atoms with Gasteiger partial charge in [-0.2, -0.15) is 0 Å². The molecule has 0 aliphatic carbocycles. The lowest BCUT2D eigenvalue weighted by molar-refractivity contribution is -0.123. The Morgan fingerprint density at radius 1 is 1.07 bits per heavy atom. The monoisotopic (exact) mass is 439 g/mol. The molecule has 2 aromatic carbocycles. The van der Waals surface area contributed by atoms with E-state index in [-0.39, 0.29) is 18.3 Å². The summed E-state index contributed by atoms with van der Waals surface area (Å²) in [4.78, 5) is 16.5. The fraction of sp³-hybridized carbons (Fsp3) is 0.381. The standard InChI is InChI=1S/C21H24Cl2FN3O2/c22-16-2-7-20(19(23)14-16)29-15-21(28)25-8-1-9-26-10-12-27(13-11-26)18-5-3-17(24)4-6-18/h2-7,14H,1,8-13,15H2,(H,25,28). The van der Waals surface area contributed by atoms with Crippen LogP contribution in [0.5, 0.6) is 5.75 Å². The van der Waals surface area contributed by atoms with Crippen molar-refractivity contribution in [1.29, 1.82) is 0 Å². The fourth-order valence-electron chi connectivity index (χ4n) is 3.20. The van der Waals surface area contributed by atoms with Crippen LogP contribution in [0.1, 0.15) is 6.42 Å². The van der Waals surface area contributed by atoms with Gasteiger partial charge in [-0.25, -0.2) is 4.39 Å². The first-order valence-corrected chi connectivity index (χ1v) is 10.3. The minimum Gasteiger partial charge on any atom is -0.482 e. The minimum absolute atomic E-state index is 0.0856. The molecule has 1 aliphatic heterocycles. The topological polar surface area (TPSA) is 44.8 Å². The number of carbonyl (C=O) groups is 1. The molecule has 0 aromatic heterocycles. The molecule has 5 nitrogen and oxygen atoms in total. The number of ether oxygens (including phenoxy) is 1. The highest BCUT2D eigenvalue weighted by Crippen LogP contribution is 2.27. The summed E-state index contributed by atoms with van der Waals surface area (Å²) in [5.74, 6) is 0.0403. The highest BCUT2D eigenvalue weighted by Gasteiger charge is 2.17. The maximum absolute atomic E-state index is 13.0. The van der Waals surface area contributed by atoms with E-state index in [2.05, 4.69) is 15.1 Å². The van der Waals surface area contributed by atoms with Crippen LogP contribution in [0.2, 0.25) is 10.0 Å². The molecule has 1 fully saturated rings. The van der Waals surface area contributed by atoms with Crippen LogP contribution >= 0.6 is 23.2 Å². The third-order valence-electron chi connectivity index (χ3n) is 4.79. The van der Waals surface area contributed by atoms with Crippen LogP contribution in [-0.4, -0.2) is 56.7 Å². The molecule has 8 heteroatoms. The van der Waals surface area contributed by atoms with Crippen molar-refractivity contribution in [3.05, 3.63) is 58.3 Å². The van der Waals surface area contributed by atoms with E-state index < -0.39 is 0 Å². The number of anilines is 1. The zero-order valence-electron chi connectivity index (χ0n) is 16.0. The molecule has 29 heavy (non-hydrogen) atoms. The van der Waals surface area contributed by atoms with E-state index in [1.807, 2.05) is 12.1 Å². The minimum atomic E-state index is -0.212. The van der Waals surface area contributed by atoms with E-state index >= 15 is 0 Å². The fourth-order valence-corrected chi connectivity index (χ4v) is 3.66. The molecule has 0 unspecified atom stereocenters. The summed E-state index contributed by atoms with van der Waals surface area (Å²) >= 11 is 11.8. The van der Waals surface area contributed by atoms with Gasteiger partial charge in [-0.1, -0.05) is 23.2 Å². The molecule has 2 aromatic rings. The Labute approximate surface area is 180 Å². The Kier molecular flexibility index (Phi) is 7.98. The van der Waals surface area contributed by atoms with Crippen molar-refractivity contribution in [3.8, 4) is 5.75 Å².